The van der Waals surface area contributed by atoms with Crippen LogP contribution in [0, 0.1) is 11.8 Å². The first-order chi connectivity index (χ1) is 8.45. The zero-order valence-corrected chi connectivity index (χ0v) is 11.4. The lowest BCUT2D eigenvalue weighted by molar-refractivity contribution is -0.143. The van der Waals surface area contributed by atoms with Gasteiger partial charge in [0.25, 0.3) is 0 Å². The predicted molar refractivity (Wildman–Crippen MR) is 69.2 cm³/mol. The molecule has 0 aromatic carbocycles. The molecule has 1 heterocycles. The Morgan fingerprint density at radius 2 is 2.17 bits per heavy atom. The number of carboxylic acid groups (broad SMARTS) is 1. The van der Waals surface area contributed by atoms with E-state index in [0.717, 1.165) is 25.8 Å². The average molecular weight is 256 g/mol. The summed E-state index contributed by atoms with van der Waals surface area (Å²) in [7, 11) is 0. The van der Waals surface area contributed by atoms with E-state index in [-0.39, 0.29) is 17.9 Å². The largest absolute Gasteiger partial charge is 0.480 e. The molecular weight excluding hydrogens is 232 g/mol. The van der Waals surface area contributed by atoms with Crippen molar-refractivity contribution in [2.75, 3.05) is 6.54 Å². The van der Waals surface area contributed by atoms with Crippen LogP contribution in [0.5, 0.6) is 0 Å². The van der Waals surface area contributed by atoms with E-state index in [4.69, 9.17) is 5.11 Å². The molecule has 3 N–H and O–H groups in total. The molecule has 0 aromatic heterocycles. The molecular formula is C13H24N2O3. The van der Waals surface area contributed by atoms with E-state index in [9.17, 15) is 9.59 Å². The van der Waals surface area contributed by atoms with Crippen molar-refractivity contribution in [2.24, 2.45) is 11.8 Å². The Morgan fingerprint density at radius 1 is 1.50 bits per heavy atom. The number of rotatable bonds is 5. The number of carboxylic acids is 1. The van der Waals surface area contributed by atoms with Gasteiger partial charge in [0.05, 0.1) is 6.04 Å². The molecule has 1 rings (SSSR count). The Labute approximate surface area is 108 Å². The minimum atomic E-state index is -0.957. The summed E-state index contributed by atoms with van der Waals surface area (Å²) in [4.78, 5) is 23.2. The third kappa shape index (κ3) is 3.98. The molecule has 18 heavy (non-hydrogen) atoms. The van der Waals surface area contributed by atoms with Gasteiger partial charge in [0.1, 0.15) is 6.04 Å². The van der Waals surface area contributed by atoms with Crippen molar-refractivity contribution in [2.45, 2.75) is 52.1 Å². The minimum absolute atomic E-state index is 0.0625. The third-order valence-corrected chi connectivity index (χ3v) is 3.76. The topological polar surface area (TPSA) is 78.4 Å². The number of amides is 1. The summed E-state index contributed by atoms with van der Waals surface area (Å²) in [5.41, 5.74) is 0. The predicted octanol–water partition coefficient (Wildman–Crippen LogP) is 0.990. The second-order valence-corrected chi connectivity index (χ2v) is 5.35. The number of aliphatic carboxylic acids is 1. The number of hydrogen-bond donors (Lipinski definition) is 3. The second kappa shape index (κ2) is 6.73. The van der Waals surface area contributed by atoms with Crippen LogP contribution in [0.2, 0.25) is 0 Å². The maximum Gasteiger partial charge on any atom is 0.326 e. The van der Waals surface area contributed by atoms with E-state index >= 15 is 0 Å². The highest BCUT2D eigenvalue weighted by Gasteiger charge is 2.30. The zero-order valence-electron chi connectivity index (χ0n) is 11.4. The molecule has 1 aliphatic heterocycles. The highest BCUT2D eigenvalue weighted by molar-refractivity contribution is 5.87. The minimum Gasteiger partial charge on any atom is -0.480 e. The van der Waals surface area contributed by atoms with Crippen molar-refractivity contribution in [1.82, 2.24) is 10.6 Å². The van der Waals surface area contributed by atoms with Crippen LogP contribution in [0.25, 0.3) is 0 Å². The molecule has 0 aliphatic carbocycles. The van der Waals surface area contributed by atoms with Crippen LogP contribution in [0.15, 0.2) is 0 Å². The average Bonchev–Trinajstić information content (AvgIpc) is 2.34. The maximum atomic E-state index is 12.0. The van der Waals surface area contributed by atoms with Crippen molar-refractivity contribution in [3.05, 3.63) is 0 Å². The third-order valence-electron chi connectivity index (χ3n) is 3.76. The Balaban J connectivity index is 2.58. The fraction of sp³-hybridized carbons (Fsp3) is 0.846. The maximum absolute atomic E-state index is 12.0. The SMILES string of the molecule is CC[C@H](C)[C@H](NC(=O)C1CC(C)CCN1)C(=O)O. The molecule has 4 atom stereocenters. The van der Waals surface area contributed by atoms with E-state index in [1.807, 2.05) is 13.8 Å². The Hall–Kier alpha value is -1.10. The van der Waals surface area contributed by atoms with Gasteiger partial charge in [0, 0.05) is 0 Å². The van der Waals surface area contributed by atoms with Gasteiger partial charge in [-0.25, -0.2) is 4.79 Å². The number of piperidine rings is 1. The van der Waals surface area contributed by atoms with Gasteiger partial charge in [-0.3, -0.25) is 4.79 Å². The van der Waals surface area contributed by atoms with E-state index in [0.29, 0.717) is 5.92 Å². The highest BCUT2D eigenvalue weighted by Crippen LogP contribution is 2.16. The van der Waals surface area contributed by atoms with E-state index in [2.05, 4.69) is 17.6 Å². The van der Waals surface area contributed by atoms with E-state index < -0.39 is 12.0 Å². The second-order valence-electron chi connectivity index (χ2n) is 5.35. The van der Waals surface area contributed by atoms with Crippen LogP contribution in [-0.4, -0.2) is 35.6 Å². The Kier molecular flexibility index (Phi) is 5.59. The van der Waals surface area contributed by atoms with Crippen molar-refractivity contribution in [3.63, 3.8) is 0 Å². The van der Waals surface area contributed by atoms with Crippen molar-refractivity contribution < 1.29 is 14.7 Å². The Morgan fingerprint density at radius 3 is 2.67 bits per heavy atom. The summed E-state index contributed by atoms with van der Waals surface area (Å²) in [5, 5.41) is 14.9. The van der Waals surface area contributed by atoms with Crippen molar-refractivity contribution >= 4 is 11.9 Å². The summed E-state index contributed by atoms with van der Waals surface area (Å²) >= 11 is 0. The molecule has 0 spiro atoms. The lowest BCUT2D eigenvalue weighted by atomic mass is 9.93. The standard InChI is InChI=1S/C13H24N2O3/c1-4-9(3)11(13(17)18)15-12(16)10-7-8(2)5-6-14-10/h8-11,14H,4-7H2,1-3H3,(H,15,16)(H,17,18)/t8?,9-,10?,11-/m0/s1. The van der Waals surface area contributed by atoms with Crippen LogP contribution in [0.4, 0.5) is 0 Å². The van der Waals surface area contributed by atoms with Crippen LogP contribution in [0.1, 0.15) is 40.0 Å². The van der Waals surface area contributed by atoms with Gasteiger partial charge in [0.15, 0.2) is 0 Å². The molecule has 0 saturated carbocycles. The molecule has 1 fully saturated rings. The lowest BCUT2D eigenvalue weighted by Gasteiger charge is -2.29. The van der Waals surface area contributed by atoms with Gasteiger partial charge in [-0.15, -0.1) is 0 Å². The monoisotopic (exact) mass is 256 g/mol. The van der Waals surface area contributed by atoms with Gasteiger partial charge in [0.2, 0.25) is 5.91 Å². The van der Waals surface area contributed by atoms with Crippen LogP contribution < -0.4 is 10.6 Å². The fourth-order valence-electron chi connectivity index (χ4n) is 2.24. The van der Waals surface area contributed by atoms with Crippen LogP contribution >= 0.6 is 0 Å². The molecule has 0 bridgehead atoms. The first kappa shape index (κ1) is 15.0. The quantitative estimate of drug-likeness (QED) is 0.685. The van der Waals surface area contributed by atoms with Gasteiger partial charge in [-0.1, -0.05) is 27.2 Å². The van der Waals surface area contributed by atoms with Gasteiger partial charge >= 0.3 is 5.97 Å². The normalized spacial score (nSPS) is 27.3. The number of carbonyl (C=O) groups is 2. The van der Waals surface area contributed by atoms with Gasteiger partial charge in [-0.05, 0) is 31.2 Å². The molecule has 0 aromatic rings. The molecule has 5 nitrogen and oxygen atoms in total. The van der Waals surface area contributed by atoms with Crippen LogP contribution in [-0.2, 0) is 9.59 Å². The number of hydrogen-bond acceptors (Lipinski definition) is 3. The zero-order chi connectivity index (χ0) is 13.7. The summed E-state index contributed by atoms with van der Waals surface area (Å²) < 4.78 is 0. The molecule has 2 unspecified atom stereocenters. The number of nitrogens with one attached hydrogen (secondary N) is 2. The van der Waals surface area contributed by atoms with Crippen LogP contribution in [0.3, 0.4) is 0 Å². The molecule has 1 aliphatic rings. The molecule has 1 saturated heterocycles. The van der Waals surface area contributed by atoms with E-state index in [1.54, 1.807) is 0 Å². The summed E-state index contributed by atoms with van der Waals surface area (Å²) in [6.45, 7) is 6.70. The molecule has 1 amide bonds. The molecule has 5 heteroatoms. The van der Waals surface area contributed by atoms with Crippen molar-refractivity contribution in [1.29, 1.82) is 0 Å². The highest BCUT2D eigenvalue weighted by atomic mass is 16.4. The molecule has 104 valence electrons. The summed E-state index contributed by atoms with van der Waals surface area (Å²) in [6, 6.07) is -1.04. The van der Waals surface area contributed by atoms with Gasteiger partial charge in [-0.2, -0.15) is 0 Å². The first-order valence-corrected chi connectivity index (χ1v) is 6.72. The van der Waals surface area contributed by atoms with Gasteiger partial charge < -0.3 is 15.7 Å². The lowest BCUT2D eigenvalue weighted by Crippen LogP contribution is -2.54. The first-order valence-electron chi connectivity index (χ1n) is 6.72. The smallest absolute Gasteiger partial charge is 0.326 e. The Bertz CT molecular complexity index is 307. The summed E-state index contributed by atoms with van der Waals surface area (Å²) in [6.07, 6.45) is 2.57. The number of carbonyl (C=O) groups excluding carboxylic acids is 1. The van der Waals surface area contributed by atoms with Crippen molar-refractivity contribution in [3.8, 4) is 0 Å². The summed E-state index contributed by atoms with van der Waals surface area (Å²) in [5.74, 6) is -0.697. The fourth-order valence-corrected chi connectivity index (χ4v) is 2.24. The van der Waals surface area contributed by atoms with E-state index in [1.165, 1.54) is 0 Å². The molecule has 0 radical (unpaired) electrons.